The smallest absolute Gasteiger partial charge is 0.297 e. The molecule has 0 fully saturated rings. The van der Waals surface area contributed by atoms with Crippen molar-refractivity contribution < 1.29 is 33.0 Å². The Kier molecular flexibility index (Phi) is 8.72. The van der Waals surface area contributed by atoms with E-state index in [1.165, 1.54) is 0 Å². The van der Waals surface area contributed by atoms with Crippen LogP contribution in [0.4, 0.5) is 0 Å². The van der Waals surface area contributed by atoms with E-state index in [0.29, 0.717) is 56.8 Å². The molecule has 0 aliphatic rings. The third-order valence-corrected chi connectivity index (χ3v) is 5.27. The van der Waals surface area contributed by atoms with Crippen molar-refractivity contribution in [3.05, 3.63) is 36.4 Å². The minimum Gasteiger partial charge on any atom is -0.496 e. The number of ether oxygens (including phenoxy) is 6. The molecular formula is C24H33N2O6+. The molecule has 0 amide bonds. The summed E-state index contributed by atoms with van der Waals surface area (Å²) in [5.74, 6) is 2.92. The van der Waals surface area contributed by atoms with Crippen LogP contribution in [0.2, 0.25) is 0 Å². The lowest BCUT2D eigenvalue weighted by atomic mass is 10.1. The Balaban J connectivity index is 2.26. The average molecular weight is 446 g/mol. The van der Waals surface area contributed by atoms with E-state index in [0.717, 1.165) is 22.4 Å². The molecule has 1 heterocycles. The van der Waals surface area contributed by atoms with Crippen LogP contribution in [0.3, 0.4) is 0 Å². The molecule has 0 radical (unpaired) electrons. The zero-order valence-electron chi connectivity index (χ0n) is 19.6. The lowest BCUT2D eigenvalue weighted by molar-refractivity contribution is -0.662. The first-order chi connectivity index (χ1) is 15.7. The molecule has 174 valence electrons. The summed E-state index contributed by atoms with van der Waals surface area (Å²) in [6, 6.07) is 12.1. The summed E-state index contributed by atoms with van der Waals surface area (Å²) in [4.78, 5) is 0. The van der Waals surface area contributed by atoms with Crippen LogP contribution in [-0.2, 0) is 27.3 Å². The zero-order chi connectivity index (χ0) is 22.9. The van der Waals surface area contributed by atoms with E-state index < -0.39 is 0 Å². The number of methoxy groups -OCH3 is 5. The zero-order valence-corrected chi connectivity index (χ0v) is 19.6. The van der Waals surface area contributed by atoms with Crippen molar-refractivity contribution in [1.82, 2.24) is 4.57 Å². The molecule has 32 heavy (non-hydrogen) atoms. The number of hydrogen-bond acceptors (Lipinski definition) is 6. The molecule has 8 heteroatoms. The Labute approximate surface area is 189 Å². The molecular weight excluding hydrogens is 412 g/mol. The number of para-hydroxylation sites is 2. The average Bonchev–Trinajstić information content (AvgIpc) is 3.13. The van der Waals surface area contributed by atoms with Gasteiger partial charge in [0.25, 0.3) is 5.82 Å². The largest absolute Gasteiger partial charge is 0.496 e. The van der Waals surface area contributed by atoms with Gasteiger partial charge in [0.05, 0.1) is 34.0 Å². The van der Waals surface area contributed by atoms with E-state index in [2.05, 4.69) is 21.3 Å². The second-order valence-corrected chi connectivity index (χ2v) is 7.15. The van der Waals surface area contributed by atoms with Crippen LogP contribution < -0.4 is 18.8 Å². The molecule has 0 bridgehead atoms. The summed E-state index contributed by atoms with van der Waals surface area (Å²) < 4.78 is 37.9. The van der Waals surface area contributed by atoms with Gasteiger partial charge in [-0.1, -0.05) is 12.1 Å². The Morgan fingerprint density at radius 1 is 0.781 bits per heavy atom. The first-order valence-corrected chi connectivity index (χ1v) is 10.6. The van der Waals surface area contributed by atoms with E-state index in [4.69, 9.17) is 28.4 Å². The Hall–Kier alpha value is -2.81. The molecule has 0 atom stereocenters. The Morgan fingerprint density at radius 3 is 2.06 bits per heavy atom. The molecule has 0 spiro atoms. The van der Waals surface area contributed by atoms with Gasteiger partial charge in [0.2, 0.25) is 0 Å². The van der Waals surface area contributed by atoms with Gasteiger partial charge in [0.1, 0.15) is 42.5 Å². The minimum atomic E-state index is 0.435. The Bertz CT molecular complexity index is 947. The van der Waals surface area contributed by atoms with Crippen molar-refractivity contribution in [2.75, 3.05) is 62.0 Å². The summed E-state index contributed by atoms with van der Waals surface area (Å²) in [7, 11) is 8.36. The molecule has 0 aliphatic heterocycles. The molecule has 3 rings (SSSR count). The van der Waals surface area contributed by atoms with Crippen LogP contribution in [0, 0.1) is 0 Å². The molecule has 8 nitrogen and oxygen atoms in total. The van der Waals surface area contributed by atoms with Gasteiger partial charge < -0.3 is 28.4 Å². The van der Waals surface area contributed by atoms with Crippen molar-refractivity contribution in [3.8, 4) is 28.6 Å². The van der Waals surface area contributed by atoms with E-state index in [1.807, 2.05) is 24.3 Å². The van der Waals surface area contributed by atoms with Crippen LogP contribution in [0.1, 0.15) is 0 Å². The summed E-state index contributed by atoms with van der Waals surface area (Å²) >= 11 is 0. The van der Waals surface area contributed by atoms with E-state index >= 15 is 0 Å². The van der Waals surface area contributed by atoms with Crippen LogP contribution in [-0.4, -0.2) is 66.5 Å². The summed E-state index contributed by atoms with van der Waals surface area (Å²) in [6.45, 7) is 3.41. The second kappa shape index (κ2) is 11.7. The second-order valence-electron chi connectivity index (χ2n) is 7.15. The van der Waals surface area contributed by atoms with Crippen molar-refractivity contribution in [2.24, 2.45) is 0 Å². The predicted octanol–water partition coefficient (Wildman–Crippen LogP) is 2.93. The van der Waals surface area contributed by atoms with Gasteiger partial charge in [-0.05, 0) is 12.1 Å². The highest BCUT2D eigenvalue weighted by Crippen LogP contribution is 2.42. The van der Waals surface area contributed by atoms with Crippen LogP contribution in [0.25, 0.3) is 22.4 Å². The molecule has 0 saturated heterocycles. The van der Waals surface area contributed by atoms with Gasteiger partial charge in [-0.25, -0.2) is 9.13 Å². The highest BCUT2D eigenvalue weighted by atomic mass is 16.5. The first-order valence-electron chi connectivity index (χ1n) is 10.6. The van der Waals surface area contributed by atoms with Gasteiger partial charge in [0, 0.05) is 33.5 Å². The van der Waals surface area contributed by atoms with Gasteiger partial charge in [0.15, 0.2) is 11.0 Å². The van der Waals surface area contributed by atoms with Crippen molar-refractivity contribution in [2.45, 2.75) is 13.1 Å². The summed E-state index contributed by atoms with van der Waals surface area (Å²) in [5, 5.41) is 0. The molecule has 0 unspecified atom stereocenters. The van der Waals surface area contributed by atoms with Crippen LogP contribution in [0.15, 0.2) is 36.4 Å². The maximum absolute atomic E-state index is 5.83. The maximum Gasteiger partial charge on any atom is 0.297 e. The Morgan fingerprint density at radius 2 is 1.44 bits per heavy atom. The van der Waals surface area contributed by atoms with Crippen LogP contribution >= 0.6 is 0 Å². The first kappa shape index (κ1) is 23.8. The molecule has 0 aliphatic carbocycles. The molecule has 3 aromatic rings. The van der Waals surface area contributed by atoms with Crippen molar-refractivity contribution in [1.29, 1.82) is 0 Å². The number of hydrogen-bond donors (Lipinski definition) is 0. The number of fused-ring (bicyclic) bond motifs is 1. The highest BCUT2D eigenvalue weighted by molar-refractivity contribution is 5.80. The number of benzene rings is 2. The fourth-order valence-corrected chi connectivity index (χ4v) is 3.82. The number of nitrogens with zero attached hydrogens (tertiary/aromatic N) is 2. The number of imidazole rings is 1. The highest BCUT2D eigenvalue weighted by Gasteiger charge is 2.32. The normalized spacial score (nSPS) is 11.2. The third-order valence-electron chi connectivity index (χ3n) is 5.27. The van der Waals surface area contributed by atoms with Gasteiger partial charge >= 0.3 is 0 Å². The molecule has 2 aromatic carbocycles. The standard InChI is InChI=1S/C24H33N2O6/c1-27-12-10-25-19-8-6-7-9-20(19)26(11-13-28-2)24(25)23-21(30-4)16-18(17-22(23)31-5)32-15-14-29-3/h6-9,16-17H,10-15H2,1-5H3/q+1. The third kappa shape index (κ3) is 4.98. The van der Waals surface area contributed by atoms with Gasteiger partial charge in [-0.3, -0.25) is 0 Å². The monoisotopic (exact) mass is 445 g/mol. The predicted molar refractivity (Wildman–Crippen MR) is 122 cm³/mol. The number of rotatable bonds is 13. The summed E-state index contributed by atoms with van der Waals surface area (Å²) in [6.07, 6.45) is 0. The molecule has 1 aromatic heterocycles. The van der Waals surface area contributed by atoms with E-state index in [9.17, 15) is 0 Å². The fraction of sp³-hybridized carbons (Fsp3) is 0.458. The van der Waals surface area contributed by atoms with Crippen LogP contribution in [0.5, 0.6) is 17.2 Å². The fourth-order valence-electron chi connectivity index (χ4n) is 3.82. The SMILES string of the molecule is COCCOc1cc(OC)c(-c2n(CCOC)c3ccccc3[n+]2CCOC)c(OC)c1. The van der Waals surface area contributed by atoms with Crippen molar-refractivity contribution in [3.63, 3.8) is 0 Å². The molecule has 0 saturated carbocycles. The van der Waals surface area contributed by atoms with Gasteiger partial charge in [-0.2, -0.15) is 0 Å². The lowest BCUT2D eigenvalue weighted by Gasteiger charge is -2.15. The number of aromatic nitrogens is 2. The quantitative estimate of drug-likeness (QED) is 0.298. The topological polar surface area (TPSA) is 64.2 Å². The van der Waals surface area contributed by atoms with Crippen molar-refractivity contribution >= 4 is 11.0 Å². The maximum atomic E-state index is 5.83. The molecule has 0 N–H and O–H groups in total. The minimum absolute atomic E-state index is 0.435. The van der Waals surface area contributed by atoms with E-state index in [-0.39, 0.29) is 0 Å². The van der Waals surface area contributed by atoms with Gasteiger partial charge in [-0.15, -0.1) is 0 Å². The van der Waals surface area contributed by atoms with E-state index in [1.54, 1.807) is 35.5 Å². The lowest BCUT2D eigenvalue weighted by Crippen LogP contribution is -2.38. The summed E-state index contributed by atoms with van der Waals surface area (Å²) in [5.41, 5.74) is 3.04.